The number of nitrogens with one attached hydrogen (secondary N) is 1. The highest BCUT2D eigenvalue weighted by molar-refractivity contribution is 7.15. The zero-order chi connectivity index (χ0) is 19.1. The summed E-state index contributed by atoms with van der Waals surface area (Å²) in [7, 11) is 4.52. The van der Waals surface area contributed by atoms with Crippen LogP contribution in [0.25, 0.3) is 0 Å². The zero-order valence-corrected chi connectivity index (χ0v) is 16.6. The van der Waals surface area contributed by atoms with E-state index in [2.05, 4.69) is 29.4 Å². The molecule has 142 valence electrons. The first-order chi connectivity index (χ1) is 12.6. The van der Waals surface area contributed by atoms with Gasteiger partial charge in [0.1, 0.15) is 27.8 Å². The predicted molar refractivity (Wildman–Crippen MR) is 102 cm³/mol. The number of benzene rings is 1. The average molecular weight is 379 g/mol. The van der Waals surface area contributed by atoms with Crippen LogP contribution in [0.5, 0.6) is 17.2 Å². The Bertz CT molecular complexity index is 723. The zero-order valence-electron chi connectivity index (χ0n) is 15.8. The third kappa shape index (κ3) is 4.43. The van der Waals surface area contributed by atoms with Crippen molar-refractivity contribution in [2.45, 2.75) is 39.0 Å². The number of rotatable bonds is 9. The second-order valence-corrected chi connectivity index (χ2v) is 6.71. The van der Waals surface area contributed by atoms with Gasteiger partial charge in [0.2, 0.25) is 5.13 Å². The van der Waals surface area contributed by atoms with Gasteiger partial charge >= 0.3 is 0 Å². The maximum absolute atomic E-state index is 12.8. The third-order valence-electron chi connectivity index (χ3n) is 4.08. The van der Waals surface area contributed by atoms with Crippen LogP contribution in [0.2, 0.25) is 0 Å². The van der Waals surface area contributed by atoms with Gasteiger partial charge in [0, 0.05) is 18.1 Å². The molecule has 0 saturated carbocycles. The van der Waals surface area contributed by atoms with E-state index >= 15 is 0 Å². The van der Waals surface area contributed by atoms with Crippen molar-refractivity contribution in [2.24, 2.45) is 0 Å². The number of hydrogen-bond acceptors (Lipinski definition) is 7. The summed E-state index contributed by atoms with van der Waals surface area (Å²) in [5.74, 6) is 1.27. The fourth-order valence-electron chi connectivity index (χ4n) is 2.69. The van der Waals surface area contributed by atoms with Gasteiger partial charge < -0.3 is 14.2 Å². The van der Waals surface area contributed by atoms with Gasteiger partial charge in [0.25, 0.3) is 5.91 Å². The van der Waals surface area contributed by atoms with Crippen molar-refractivity contribution in [3.8, 4) is 17.2 Å². The van der Waals surface area contributed by atoms with Gasteiger partial charge in [-0.2, -0.15) is 0 Å². The van der Waals surface area contributed by atoms with E-state index in [0.29, 0.717) is 28.3 Å². The van der Waals surface area contributed by atoms with E-state index in [-0.39, 0.29) is 11.5 Å². The lowest BCUT2D eigenvalue weighted by molar-refractivity contribution is 0.102. The molecule has 1 unspecified atom stereocenters. The SMILES string of the molecule is CCCC(CC)c1nnc(NC(=O)c2c(OC)cc(OC)cc2OC)s1. The standard InChI is InChI=1S/C18H25N3O4S/c1-6-8-11(7-2)17-20-21-18(26-17)19-16(22)15-13(24-4)9-12(23-3)10-14(15)25-5/h9-11H,6-8H2,1-5H3,(H,19,21,22). The van der Waals surface area contributed by atoms with Gasteiger partial charge in [0.05, 0.1) is 21.3 Å². The summed E-state index contributed by atoms with van der Waals surface area (Å²) in [6.07, 6.45) is 3.13. The highest BCUT2D eigenvalue weighted by atomic mass is 32.1. The van der Waals surface area contributed by atoms with Gasteiger partial charge in [-0.15, -0.1) is 10.2 Å². The van der Waals surface area contributed by atoms with E-state index in [9.17, 15) is 4.79 Å². The van der Waals surface area contributed by atoms with E-state index < -0.39 is 0 Å². The number of hydrogen-bond donors (Lipinski definition) is 1. The number of methoxy groups -OCH3 is 3. The fraction of sp³-hybridized carbons (Fsp3) is 0.500. The molecule has 0 bridgehead atoms. The normalized spacial score (nSPS) is 11.7. The summed E-state index contributed by atoms with van der Waals surface area (Å²) in [4.78, 5) is 12.8. The molecule has 1 aromatic heterocycles. The van der Waals surface area contributed by atoms with Gasteiger partial charge in [-0.25, -0.2) is 0 Å². The summed E-state index contributed by atoms with van der Waals surface area (Å²) in [6.45, 7) is 4.28. The molecule has 2 rings (SSSR count). The van der Waals surface area contributed by atoms with Crippen LogP contribution in [-0.4, -0.2) is 37.4 Å². The van der Waals surface area contributed by atoms with E-state index in [1.54, 1.807) is 12.1 Å². The van der Waals surface area contributed by atoms with Crippen molar-refractivity contribution in [3.05, 3.63) is 22.7 Å². The molecule has 0 spiro atoms. The van der Waals surface area contributed by atoms with Crippen molar-refractivity contribution >= 4 is 22.4 Å². The minimum absolute atomic E-state index is 0.285. The van der Waals surface area contributed by atoms with Crippen LogP contribution in [-0.2, 0) is 0 Å². The molecule has 0 saturated heterocycles. The first-order valence-corrected chi connectivity index (χ1v) is 9.34. The Morgan fingerprint density at radius 3 is 2.27 bits per heavy atom. The number of aromatic nitrogens is 2. The summed E-state index contributed by atoms with van der Waals surface area (Å²) in [5, 5.41) is 12.5. The highest BCUT2D eigenvalue weighted by Crippen LogP contribution is 2.35. The number of anilines is 1. The Morgan fingerprint density at radius 1 is 1.12 bits per heavy atom. The first kappa shape index (κ1) is 20.0. The van der Waals surface area contributed by atoms with Gasteiger partial charge in [-0.05, 0) is 12.8 Å². The predicted octanol–water partition coefficient (Wildman–Crippen LogP) is 4.11. The van der Waals surface area contributed by atoms with Crippen molar-refractivity contribution in [1.82, 2.24) is 10.2 Å². The maximum atomic E-state index is 12.8. The van der Waals surface area contributed by atoms with Crippen LogP contribution in [0.4, 0.5) is 5.13 Å². The Balaban J connectivity index is 2.26. The molecular weight excluding hydrogens is 354 g/mol. The molecule has 26 heavy (non-hydrogen) atoms. The molecule has 1 heterocycles. The van der Waals surface area contributed by atoms with Crippen LogP contribution in [0.1, 0.15) is 54.4 Å². The maximum Gasteiger partial charge on any atom is 0.265 e. The molecule has 1 aromatic carbocycles. The lowest BCUT2D eigenvalue weighted by atomic mass is 10.0. The Hall–Kier alpha value is -2.35. The Labute approximate surface area is 157 Å². The largest absolute Gasteiger partial charge is 0.496 e. The van der Waals surface area contributed by atoms with Gasteiger partial charge in [0.15, 0.2) is 0 Å². The minimum Gasteiger partial charge on any atom is -0.496 e. The van der Waals surface area contributed by atoms with E-state index in [1.807, 2.05) is 0 Å². The Kier molecular flexibility index (Phi) is 7.20. The van der Waals surface area contributed by atoms with Crippen LogP contribution < -0.4 is 19.5 Å². The van der Waals surface area contributed by atoms with Crippen LogP contribution in [0.3, 0.4) is 0 Å². The summed E-state index contributed by atoms with van der Waals surface area (Å²) < 4.78 is 15.9. The van der Waals surface area contributed by atoms with E-state index in [0.717, 1.165) is 24.3 Å². The second kappa shape index (κ2) is 9.38. The summed E-state index contributed by atoms with van der Waals surface area (Å²) in [6, 6.07) is 3.27. The summed E-state index contributed by atoms with van der Waals surface area (Å²) in [5.41, 5.74) is 0.285. The van der Waals surface area contributed by atoms with Crippen LogP contribution in [0.15, 0.2) is 12.1 Å². The van der Waals surface area contributed by atoms with Crippen molar-refractivity contribution < 1.29 is 19.0 Å². The fourth-order valence-corrected chi connectivity index (χ4v) is 3.65. The van der Waals surface area contributed by atoms with Crippen LogP contribution in [0, 0.1) is 0 Å². The summed E-state index contributed by atoms with van der Waals surface area (Å²) >= 11 is 1.40. The molecule has 8 heteroatoms. The average Bonchev–Trinajstić information content (AvgIpc) is 3.12. The molecule has 0 radical (unpaired) electrons. The lowest BCUT2D eigenvalue weighted by Crippen LogP contribution is -2.14. The monoisotopic (exact) mass is 379 g/mol. The number of nitrogens with zero attached hydrogens (tertiary/aromatic N) is 2. The van der Waals surface area contributed by atoms with Crippen LogP contribution >= 0.6 is 11.3 Å². The smallest absolute Gasteiger partial charge is 0.265 e. The van der Waals surface area contributed by atoms with Crippen molar-refractivity contribution in [1.29, 1.82) is 0 Å². The first-order valence-electron chi connectivity index (χ1n) is 8.52. The lowest BCUT2D eigenvalue weighted by Gasteiger charge is -2.14. The quantitative estimate of drug-likeness (QED) is 0.706. The molecule has 0 aliphatic rings. The highest BCUT2D eigenvalue weighted by Gasteiger charge is 2.22. The Morgan fingerprint density at radius 2 is 1.77 bits per heavy atom. The molecule has 0 aliphatic carbocycles. The van der Waals surface area contributed by atoms with Crippen molar-refractivity contribution in [3.63, 3.8) is 0 Å². The molecule has 1 amide bonds. The third-order valence-corrected chi connectivity index (χ3v) is 5.08. The number of carbonyl (C=O) groups excluding carboxylic acids is 1. The number of ether oxygens (including phenoxy) is 3. The molecule has 0 fully saturated rings. The molecular formula is C18H25N3O4S. The molecule has 1 N–H and O–H groups in total. The molecule has 1 atom stereocenters. The number of amides is 1. The minimum atomic E-state index is -0.368. The van der Waals surface area contributed by atoms with E-state index in [1.165, 1.54) is 32.7 Å². The topological polar surface area (TPSA) is 82.6 Å². The van der Waals surface area contributed by atoms with Gasteiger partial charge in [-0.1, -0.05) is 31.6 Å². The molecule has 0 aliphatic heterocycles. The second-order valence-electron chi connectivity index (χ2n) is 5.70. The molecule has 2 aromatic rings. The van der Waals surface area contributed by atoms with Crippen molar-refractivity contribution in [2.75, 3.05) is 26.6 Å². The van der Waals surface area contributed by atoms with Gasteiger partial charge in [-0.3, -0.25) is 10.1 Å². The molecule has 7 nitrogen and oxygen atoms in total. The number of carbonyl (C=O) groups is 1. The van der Waals surface area contributed by atoms with E-state index in [4.69, 9.17) is 14.2 Å².